The van der Waals surface area contributed by atoms with Gasteiger partial charge in [0.1, 0.15) is 5.75 Å². The lowest BCUT2D eigenvalue weighted by Gasteiger charge is -2.08. The average Bonchev–Trinajstić information content (AvgIpc) is 2.76. The first-order valence-electron chi connectivity index (χ1n) is 5.14. The van der Waals surface area contributed by atoms with E-state index in [4.69, 9.17) is 16.3 Å². The number of methoxy groups -OCH3 is 1. The van der Waals surface area contributed by atoms with Gasteiger partial charge in [-0.05, 0) is 23.3 Å². The standard InChI is InChI=1S/C12H11ClN2O/c1-16-12-2-8-9-6-14-4-7(9)5-15-11(8)3-10(12)13/h2-3,5,14H,4,6H2,1H3. The number of aromatic nitrogens is 1. The molecule has 3 nitrogen and oxygen atoms in total. The molecule has 0 radical (unpaired) electrons. The van der Waals surface area contributed by atoms with Crippen molar-refractivity contribution in [3.8, 4) is 5.75 Å². The van der Waals surface area contributed by atoms with Gasteiger partial charge in [-0.1, -0.05) is 11.6 Å². The Morgan fingerprint density at radius 3 is 3.06 bits per heavy atom. The molecule has 0 unspecified atom stereocenters. The molecule has 16 heavy (non-hydrogen) atoms. The lowest BCUT2D eigenvalue weighted by molar-refractivity contribution is 0.415. The van der Waals surface area contributed by atoms with Crippen LogP contribution in [0.1, 0.15) is 11.1 Å². The molecule has 0 saturated heterocycles. The Morgan fingerprint density at radius 2 is 2.25 bits per heavy atom. The molecule has 2 aromatic rings. The summed E-state index contributed by atoms with van der Waals surface area (Å²) < 4.78 is 5.23. The summed E-state index contributed by atoms with van der Waals surface area (Å²) in [6, 6.07) is 3.82. The summed E-state index contributed by atoms with van der Waals surface area (Å²) in [5, 5.41) is 5.05. The SMILES string of the molecule is COc1cc2c3c(cnc2cc1Cl)CNC3. The van der Waals surface area contributed by atoms with Crippen molar-refractivity contribution >= 4 is 22.5 Å². The molecule has 0 bridgehead atoms. The molecule has 1 aromatic heterocycles. The van der Waals surface area contributed by atoms with Crippen LogP contribution >= 0.6 is 11.6 Å². The Hall–Kier alpha value is -1.32. The highest BCUT2D eigenvalue weighted by atomic mass is 35.5. The van der Waals surface area contributed by atoms with E-state index in [9.17, 15) is 0 Å². The van der Waals surface area contributed by atoms with Crippen LogP contribution in [0.2, 0.25) is 5.02 Å². The zero-order valence-corrected chi connectivity index (χ0v) is 9.64. The van der Waals surface area contributed by atoms with Crippen molar-refractivity contribution in [2.45, 2.75) is 13.1 Å². The number of nitrogens with zero attached hydrogens (tertiary/aromatic N) is 1. The number of halogens is 1. The smallest absolute Gasteiger partial charge is 0.138 e. The van der Waals surface area contributed by atoms with Gasteiger partial charge in [0.25, 0.3) is 0 Å². The van der Waals surface area contributed by atoms with Gasteiger partial charge in [-0.15, -0.1) is 0 Å². The minimum atomic E-state index is 0.605. The average molecular weight is 235 g/mol. The number of pyridine rings is 1. The molecule has 82 valence electrons. The van der Waals surface area contributed by atoms with E-state index in [1.165, 1.54) is 11.1 Å². The molecule has 2 heterocycles. The van der Waals surface area contributed by atoms with Gasteiger partial charge >= 0.3 is 0 Å². The van der Waals surface area contributed by atoms with Gasteiger partial charge in [-0.3, -0.25) is 4.98 Å². The van der Waals surface area contributed by atoms with E-state index in [1.807, 2.05) is 18.3 Å². The van der Waals surface area contributed by atoms with Crippen LogP contribution < -0.4 is 10.1 Å². The Bertz CT molecular complexity index is 568. The highest BCUT2D eigenvalue weighted by Gasteiger charge is 2.15. The molecule has 0 saturated carbocycles. The molecule has 3 rings (SSSR count). The number of fused-ring (bicyclic) bond motifs is 3. The molecule has 0 spiro atoms. The van der Waals surface area contributed by atoms with Crippen LogP contribution in [-0.2, 0) is 13.1 Å². The van der Waals surface area contributed by atoms with Crippen molar-refractivity contribution < 1.29 is 4.74 Å². The first kappa shape index (κ1) is 9.87. The molecule has 0 atom stereocenters. The molecule has 0 aliphatic carbocycles. The molecular weight excluding hydrogens is 224 g/mol. The predicted octanol–water partition coefficient (Wildman–Crippen LogP) is 2.50. The van der Waals surface area contributed by atoms with Gasteiger partial charge < -0.3 is 10.1 Å². The van der Waals surface area contributed by atoms with Crippen LogP contribution in [-0.4, -0.2) is 12.1 Å². The van der Waals surface area contributed by atoms with Crippen molar-refractivity contribution in [1.82, 2.24) is 10.3 Å². The summed E-state index contributed by atoms with van der Waals surface area (Å²) in [6.45, 7) is 1.78. The molecule has 1 aliphatic heterocycles. The molecule has 0 amide bonds. The molecule has 4 heteroatoms. The van der Waals surface area contributed by atoms with Gasteiger partial charge in [0, 0.05) is 24.7 Å². The van der Waals surface area contributed by atoms with E-state index in [2.05, 4.69) is 10.3 Å². The topological polar surface area (TPSA) is 34.1 Å². The summed E-state index contributed by atoms with van der Waals surface area (Å²) in [5.41, 5.74) is 3.49. The Balaban J connectivity index is 2.34. The Kier molecular flexibility index (Phi) is 2.23. The van der Waals surface area contributed by atoms with E-state index in [0.717, 1.165) is 24.0 Å². The van der Waals surface area contributed by atoms with Gasteiger partial charge in [-0.25, -0.2) is 0 Å². The van der Waals surface area contributed by atoms with Crippen molar-refractivity contribution in [3.05, 3.63) is 34.5 Å². The van der Waals surface area contributed by atoms with Crippen LogP contribution in [0.15, 0.2) is 18.3 Å². The monoisotopic (exact) mass is 234 g/mol. The summed E-state index contributed by atoms with van der Waals surface area (Å²) in [5.74, 6) is 0.705. The van der Waals surface area contributed by atoms with Crippen LogP contribution in [0.4, 0.5) is 0 Å². The normalized spacial score (nSPS) is 14.1. The predicted molar refractivity (Wildman–Crippen MR) is 63.8 cm³/mol. The van der Waals surface area contributed by atoms with Gasteiger partial charge in [0.2, 0.25) is 0 Å². The second-order valence-corrected chi connectivity index (χ2v) is 4.28. The van der Waals surface area contributed by atoms with E-state index >= 15 is 0 Å². The largest absolute Gasteiger partial charge is 0.495 e. The fourth-order valence-corrected chi connectivity index (χ4v) is 2.36. The highest BCUT2D eigenvalue weighted by molar-refractivity contribution is 6.32. The zero-order valence-electron chi connectivity index (χ0n) is 8.88. The third kappa shape index (κ3) is 1.36. The van der Waals surface area contributed by atoms with Crippen LogP contribution in [0.5, 0.6) is 5.75 Å². The maximum atomic E-state index is 6.07. The molecule has 1 aliphatic rings. The first-order chi connectivity index (χ1) is 7.79. The minimum Gasteiger partial charge on any atom is -0.495 e. The molecular formula is C12H11ClN2O. The Morgan fingerprint density at radius 1 is 1.38 bits per heavy atom. The maximum Gasteiger partial charge on any atom is 0.138 e. The maximum absolute atomic E-state index is 6.07. The first-order valence-corrected chi connectivity index (χ1v) is 5.52. The fourth-order valence-electron chi connectivity index (χ4n) is 2.13. The highest BCUT2D eigenvalue weighted by Crippen LogP contribution is 2.32. The van der Waals surface area contributed by atoms with Gasteiger partial charge in [-0.2, -0.15) is 0 Å². The number of hydrogen-bond donors (Lipinski definition) is 1. The lowest BCUT2D eigenvalue weighted by Crippen LogP contribution is -2.00. The zero-order chi connectivity index (χ0) is 11.1. The van der Waals surface area contributed by atoms with Gasteiger partial charge in [0.05, 0.1) is 17.6 Å². The molecule has 0 fully saturated rings. The van der Waals surface area contributed by atoms with Crippen LogP contribution in [0, 0.1) is 0 Å². The fraction of sp³-hybridized carbons (Fsp3) is 0.250. The minimum absolute atomic E-state index is 0.605. The van der Waals surface area contributed by atoms with E-state index < -0.39 is 0 Å². The molecule has 1 N–H and O–H groups in total. The van der Waals surface area contributed by atoms with E-state index in [-0.39, 0.29) is 0 Å². The molecule has 1 aromatic carbocycles. The van der Waals surface area contributed by atoms with Crippen LogP contribution in [0.3, 0.4) is 0 Å². The van der Waals surface area contributed by atoms with Crippen LogP contribution in [0.25, 0.3) is 10.9 Å². The third-order valence-electron chi connectivity index (χ3n) is 2.96. The Labute approximate surface area is 98.4 Å². The van der Waals surface area contributed by atoms with Crippen molar-refractivity contribution in [3.63, 3.8) is 0 Å². The van der Waals surface area contributed by atoms with Crippen molar-refractivity contribution in [2.75, 3.05) is 7.11 Å². The van der Waals surface area contributed by atoms with Gasteiger partial charge in [0.15, 0.2) is 0 Å². The summed E-state index contributed by atoms with van der Waals surface area (Å²) in [7, 11) is 1.63. The second-order valence-electron chi connectivity index (χ2n) is 3.87. The van der Waals surface area contributed by atoms with Crippen molar-refractivity contribution in [2.24, 2.45) is 0 Å². The summed E-state index contributed by atoms with van der Waals surface area (Å²) >= 11 is 6.07. The third-order valence-corrected chi connectivity index (χ3v) is 3.25. The number of hydrogen-bond acceptors (Lipinski definition) is 3. The summed E-state index contributed by atoms with van der Waals surface area (Å²) in [6.07, 6.45) is 1.92. The summed E-state index contributed by atoms with van der Waals surface area (Å²) in [4.78, 5) is 4.41. The number of ether oxygens (including phenoxy) is 1. The second kappa shape index (κ2) is 3.61. The van der Waals surface area contributed by atoms with Crippen molar-refractivity contribution in [1.29, 1.82) is 0 Å². The quantitative estimate of drug-likeness (QED) is 0.823. The van der Waals surface area contributed by atoms with E-state index in [0.29, 0.717) is 10.8 Å². The number of rotatable bonds is 1. The van der Waals surface area contributed by atoms with E-state index in [1.54, 1.807) is 7.11 Å². The lowest BCUT2D eigenvalue weighted by atomic mass is 10.1. The number of nitrogens with one attached hydrogen (secondary N) is 1. The number of benzene rings is 1.